The Kier molecular flexibility index (Phi) is 3.87. The number of hydrogen-bond acceptors (Lipinski definition) is 2. The van der Waals surface area contributed by atoms with Gasteiger partial charge in [-0.2, -0.15) is 13.2 Å². The van der Waals surface area contributed by atoms with Crippen molar-refractivity contribution in [3.05, 3.63) is 29.6 Å². The molecule has 0 bridgehead atoms. The first kappa shape index (κ1) is 14.6. The average molecular weight is 291 g/mol. The van der Waals surface area contributed by atoms with Crippen molar-refractivity contribution in [2.45, 2.75) is 31.5 Å². The summed E-state index contributed by atoms with van der Waals surface area (Å²) in [5.41, 5.74) is -1.17. The first-order valence-corrected chi connectivity index (χ1v) is 6.17. The van der Waals surface area contributed by atoms with Crippen molar-refractivity contribution in [1.82, 2.24) is 0 Å². The quantitative estimate of drug-likeness (QED) is 0.850. The number of carboxylic acid groups (broad SMARTS) is 1. The van der Waals surface area contributed by atoms with Crippen LogP contribution < -0.4 is 4.90 Å². The predicted octanol–water partition coefficient (Wildman–Crippen LogP) is 3.29. The molecule has 1 unspecified atom stereocenters. The third kappa shape index (κ3) is 2.86. The van der Waals surface area contributed by atoms with Crippen LogP contribution in [0.2, 0.25) is 0 Å². The van der Waals surface area contributed by atoms with Crippen molar-refractivity contribution in [3.8, 4) is 0 Å². The number of halogens is 4. The molecule has 1 heterocycles. The van der Waals surface area contributed by atoms with Gasteiger partial charge in [0, 0.05) is 6.54 Å². The van der Waals surface area contributed by atoms with Gasteiger partial charge in [-0.1, -0.05) is 0 Å². The number of alkyl halides is 3. The zero-order valence-electron chi connectivity index (χ0n) is 10.5. The van der Waals surface area contributed by atoms with Crippen LogP contribution in [-0.4, -0.2) is 23.7 Å². The van der Waals surface area contributed by atoms with E-state index < -0.39 is 29.6 Å². The lowest BCUT2D eigenvalue weighted by molar-refractivity contribution is -0.139. The van der Waals surface area contributed by atoms with E-state index in [1.807, 2.05) is 0 Å². The number of piperidine rings is 1. The molecule has 0 aromatic heterocycles. The molecule has 0 spiro atoms. The molecule has 1 saturated heterocycles. The summed E-state index contributed by atoms with van der Waals surface area (Å²) < 4.78 is 51.3. The zero-order valence-corrected chi connectivity index (χ0v) is 10.5. The summed E-state index contributed by atoms with van der Waals surface area (Å²) in [6.07, 6.45) is -2.87. The van der Waals surface area contributed by atoms with E-state index in [1.54, 1.807) is 0 Å². The summed E-state index contributed by atoms with van der Waals surface area (Å²) >= 11 is 0. The van der Waals surface area contributed by atoms with Gasteiger partial charge < -0.3 is 10.0 Å². The van der Waals surface area contributed by atoms with Crippen molar-refractivity contribution in [3.63, 3.8) is 0 Å². The highest BCUT2D eigenvalue weighted by Crippen LogP contribution is 2.34. The van der Waals surface area contributed by atoms with E-state index in [2.05, 4.69) is 0 Å². The molecule has 1 N–H and O–H groups in total. The summed E-state index contributed by atoms with van der Waals surface area (Å²) in [5, 5.41) is 9.10. The number of nitrogens with zero attached hydrogens (tertiary/aromatic N) is 1. The van der Waals surface area contributed by atoms with Crippen LogP contribution in [0.5, 0.6) is 0 Å². The predicted molar refractivity (Wildman–Crippen MR) is 64.0 cm³/mol. The first-order valence-electron chi connectivity index (χ1n) is 6.17. The molecule has 1 fully saturated rings. The largest absolute Gasteiger partial charge is 0.480 e. The van der Waals surface area contributed by atoms with Crippen LogP contribution >= 0.6 is 0 Å². The molecule has 1 aromatic rings. The minimum atomic E-state index is -4.62. The molecule has 0 amide bonds. The van der Waals surface area contributed by atoms with Gasteiger partial charge in [0.2, 0.25) is 0 Å². The lowest BCUT2D eigenvalue weighted by Crippen LogP contribution is -2.45. The topological polar surface area (TPSA) is 40.5 Å². The van der Waals surface area contributed by atoms with Gasteiger partial charge >= 0.3 is 12.1 Å². The van der Waals surface area contributed by atoms with E-state index in [4.69, 9.17) is 5.11 Å². The fraction of sp³-hybridized carbons (Fsp3) is 0.462. The van der Waals surface area contributed by atoms with Crippen LogP contribution in [0, 0.1) is 5.82 Å². The van der Waals surface area contributed by atoms with E-state index in [9.17, 15) is 22.4 Å². The number of rotatable bonds is 2. The minimum Gasteiger partial charge on any atom is -0.480 e. The molecule has 0 saturated carbocycles. The van der Waals surface area contributed by atoms with Crippen molar-refractivity contribution in [2.24, 2.45) is 0 Å². The van der Waals surface area contributed by atoms with Gasteiger partial charge in [0.15, 0.2) is 0 Å². The average Bonchev–Trinajstić information content (AvgIpc) is 2.37. The van der Waals surface area contributed by atoms with Crippen molar-refractivity contribution in [2.75, 3.05) is 11.4 Å². The van der Waals surface area contributed by atoms with Gasteiger partial charge in [-0.15, -0.1) is 0 Å². The number of hydrogen-bond donors (Lipinski definition) is 1. The Hall–Kier alpha value is -1.79. The third-order valence-electron chi connectivity index (χ3n) is 3.37. The Balaban J connectivity index is 2.34. The summed E-state index contributed by atoms with van der Waals surface area (Å²) in [7, 11) is 0. The van der Waals surface area contributed by atoms with E-state index in [-0.39, 0.29) is 5.69 Å². The number of aliphatic carboxylic acids is 1. The van der Waals surface area contributed by atoms with Crippen LogP contribution in [-0.2, 0) is 11.0 Å². The molecule has 3 nitrogen and oxygen atoms in total. The number of benzene rings is 1. The molecular weight excluding hydrogens is 278 g/mol. The molecule has 110 valence electrons. The fourth-order valence-corrected chi connectivity index (χ4v) is 2.39. The first-order chi connectivity index (χ1) is 9.30. The highest BCUT2D eigenvalue weighted by atomic mass is 19.4. The second-order valence-electron chi connectivity index (χ2n) is 4.71. The zero-order chi connectivity index (χ0) is 14.9. The van der Waals surface area contributed by atoms with Gasteiger partial charge in [-0.05, 0) is 37.5 Å². The summed E-state index contributed by atoms with van der Waals surface area (Å²) in [6.45, 7) is 0.319. The summed E-state index contributed by atoms with van der Waals surface area (Å²) in [6, 6.07) is 1.28. The monoisotopic (exact) mass is 291 g/mol. The molecule has 1 aliphatic heterocycles. The van der Waals surface area contributed by atoms with Gasteiger partial charge in [0.1, 0.15) is 11.9 Å². The smallest absolute Gasteiger partial charge is 0.416 e. The van der Waals surface area contributed by atoms with E-state index in [0.717, 1.165) is 12.1 Å². The third-order valence-corrected chi connectivity index (χ3v) is 3.37. The van der Waals surface area contributed by atoms with Crippen molar-refractivity contribution in [1.29, 1.82) is 0 Å². The van der Waals surface area contributed by atoms with Crippen LogP contribution in [0.15, 0.2) is 18.2 Å². The Labute approximate surface area is 112 Å². The molecule has 1 aromatic carbocycles. The van der Waals surface area contributed by atoms with E-state index in [0.29, 0.717) is 31.9 Å². The van der Waals surface area contributed by atoms with Gasteiger partial charge in [0.25, 0.3) is 0 Å². The van der Waals surface area contributed by atoms with Crippen molar-refractivity contribution >= 4 is 11.7 Å². The molecular formula is C13H13F4NO2. The molecule has 20 heavy (non-hydrogen) atoms. The number of carboxylic acids is 1. The standard InChI is InChI=1S/C13H13F4NO2/c14-9-7-8(13(15,16)17)4-5-10(9)18-6-2-1-3-11(18)12(19)20/h4-5,7,11H,1-3,6H2,(H,19,20). The summed E-state index contributed by atoms with van der Waals surface area (Å²) in [4.78, 5) is 12.5. The van der Waals surface area contributed by atoms with Crippen LogP contribution in [0.25, 0.3) is 0 Å². The molecule has 1 atom stereocenters. The van der Waals surface area contributed by atoms with Crippen LogP contribution in [0.1, 0.15) is 24.8 Å². The van der Waals surface area contributed by atoms with Gasteiger partial charge in [-0.3, -0.25) is 0 Å². The minimum absolute atomic E-state index is 0.0925. The molecule has 2 rings (SSSR count). The maximum absolute atomic E-state index is 13.9. The van der Waals surface area contributed by atoms with Gasteiger partial charge in [-0.25, -0.2) is 9.18 Å². The molecule has 0 radical (unpaired) electrons. The Morgan fingerprint density at radius 3 is 2.55 bits per heavy atom. The normalized spacial score (nSPS) is 20.0. The maximum Gasteiger partial charge on any atom is 0.416 e. The Morgan fingerprint density at radius 2 is 2.00 bits per heavy atom. The SMILES string of the molecule is O=C(O)C1CCCCN1c1ccc(C(F)(F)F)cc1F. The molecule has 1 aliphatic rings. The molecule has 0 aliphatic carbocycles. The Morgan fingerprint density at radius 1 is 1.30 bits per heavy atom. The highest BCUT2D eigenvalue weighted by Gasteiger charge is 2.34. The maximum atomic E-state index is 13.9. The number of carbonyl (C=O) groups is 1. The summed E-state index contributed by atoms with van der Waals surface area (Å²) in [5.74, 6) is -2.14. The van der Waals surface area contributed by atoms with E-state index in [1.165, 1.54) is 4.90 Å². The Bertz CT molecular complexity index is 516. The van der Waals surface area contributed by atoms with Crippen molar-refractivity contribution < 1.29 is 27.5 Å². The van der Waals surface area contributed by atoms with E-state index >= 15 is 0 Å². The van der Waals surface area contributed by atoms with Gasteiger partial charge in [0.05, 0.1) is 11.3 Å². The second-order valence-corrected chi connectivity index (χ2v) is 4.71. The molecule has 7 heteroatoms. The lowest BCUT2D eigenvalue weighted by Gasteiger charge is -2.35. The second kappa shape index (κ2) is 5.30. The van der Waals surface area contributed by atoms with Crippen LogP contribution in [0.4, 0.5) is 23.2 Å². The lowest BCUT2D eigenvalue weighted by atomic mass is 10.0. The highest BCUT2D eigenvalue weighted by molar-refractivity contribution is 5.78. The van der Waals surface area contributed by atoms with Crippen LogP contribution in [0.3, 0.4) is 0 Å². The number of anilines is 1. The fourth-order valence-electron chi connectivity index (χ4n) is 2.39.